The number of aromatic nitrogens is 4. The molecule has 0 fully saturated rings. The van der Waals surface area contributed by atoms with Crippen LogP contribution >= 0.6 is 15.9 Å². The molecular weight excluding hydrogens is 578 g/mol. The molecule has 0 unspecified atom stereocenters. The van der Waals surface area contributed by atoms with Crippen LogP contribution in [0, 0.1) is 18.6 Å². The van der Waals surface area contributed by atoms with E-state index in [4.69, 9.17) is 9.47 Å². The minimum absolute atomic E-state index is 0.0665. The van der Waals surface area contributed by atoms with E-state index in [1.807, 2.05) is 6.92 Å². The summed E-state index contributed by atoms with van der Waals surface area (Å²) in [5.41, 5.74) is 1.33. The lowest BCUT2D eigenvalue weighted by Crippen LogP contribution is -2.28. The molecule has 9 nitrogen and oxygen atoms in total. The van der Waals surface area contributed by atoms with Crippen LogP contribution in [0.4, 0.5) is 19.3 Å². The molecule has 0 spiro atoms. The monoisotopic (exact) mass is 606 g/mol. The number of hydrogen-bond acceptors (Lipinski definition) is 5. The van der Waals surface area contributed by atoms with Crippen LogP contribution in [0.1, 0.15) is 11.5 Å². The predicted molar refractivity (Wildman–Crippen MR) is 147 cm³/mol. The van der Waals surface area contributed by atoms with Crippen LogP contribution in [0.25, 0.3) is 11.0 Å². The number of hydrogen-bond donors (Lipinski definition) is 3. The maximum atomic E-state index is 14.9. The summed E-state index contributed by atoms with van der Waals surface area (Å²) in [4.78, 5) is 23.6. The average molecular weight is 608 g/mol. The van der Waals surface area contributed by atoms with Crippen LogP contribution in [0.3, 0.4) is 0 Å². The van der Waals surface area contributed by atoms with Crippen molar-refractivity contribution >= 4 is 46.8 Å². The number of rotatable bonds is 10. The van der Waals surface area contributed by atoms with E-state index in [2.05, 4.69) is 61.2 Å². The number of nitrogens with one attached hydrogen (secondary N) is 3. The van der Waals surface area contributed by atoms with Crippen LogP contribution in [-0.4, -0.2) is 40.2 Å². The third-order valence-corrected chi connectivity index (χ3v) is 7.85. The molecular formula is C25H29BrF2N6O3Si. The number of amides is 2. The van der Waals surface area contributed by atoms with Crippen molar-refractivity contribution in [3.8, 4) is 11.5 Å². The number of fused-ring (bicyclic) bond motifs is 1. The summed E-state index contributed by atoms with van der Waals surface area (Å²) >= 11 is 3.49. The van der Waals surface area contributed by atoms with E-state index in [0.29, 0.717) is 27.9 Å². The molecule has 0 aliphatic heterocycles. The molecule has 38 heavy (non-hydrogen) atoms. The summed E-state index contributed by atoms with van der Waals surface area (Å²) in [5, 5.41) is 5.52. The van der Waals surface area contributed by atoms with E-state index in [1.54, 1.807) is 17.0 Å². The number of ether oxygens (including phenoxy) is 2. The number of aryl methyl sites for hydroxylation is 1. The lowest BCUT2D eigenvalue weighted by molar-refractivity contribution is 0.0898. The number of pyridine rings is 1. The molecule has 2 amide bonds. The summed E-state index contributed by atoms with van der Waals surface area (Å²) in [6, 6.07) is 3.89. The third-order valence-electron chi connectivity index (χ3n) is 5.54. The van der Waals surface area contributed by atoms with Gasteiger partial charge in [-0.15, -0.1) is 0 Å². The smallest absolute Gasteiger partial charge is 0.319 e. The molecule has 0 aliphatic rings. The second-order valence-corrected chi connectivity index (χ2v) is 16.5. The number of nitrogens with zero attached hydrogens (tertiary/aromatic N) is 3. The summed E-state index contributed by atoms with van der Waals surface area (Å²) in [6.07, 6.45) is 4.92. The molecule has 202 valence electrons. The van der Waals surface area contributed by atoms with Gasteiger partial charge >= 0.3 is 6.03 Å². The molecule has 0 saturated carbocycles. The molecule has 4 rings (SSSR count). The number of carbonyl (C=O) groups excluding carboxylic acids is 1. The molecule has 0 atom stereocenters. The first-order valence-corrected chi connectivity index (χ1v) is 16.4. The van der Waals surface area contributed by atoms with Gasteiger partial charge in [-0.1, -0.05) is 19.6 Å². The molecule has 1 aromatic carbocycles. The maximum Gasteiger partial charge on any atom is 0.319 e. The fourth-order valence-corrected chi connectivity index (χ4v) is 4.98. The number of aromatic amines is 1. The Hall–Kier alpha value is -3.29. The van der Waals surface area contributed by atoms with Crippen molar-refractivity contribution in [1.29, 1.82) is 0 Å². The van der Waals surface area contributed by atoms with Crippen molar-refractivity contribution in [2.45, 2.75) is 45.9 Å². The zero-order valence-electron chi connectivity index (χ0n) is 21.5. The summed E-state index contributed by atoms with van der Waals surface area (Å²) < 4.78 is 43.8. The molecule has 0 radical (unpaired) electrons. The van der Waals surface area contributed by atoms with Gasteiger partial charge in [0, 0.05) is 61.3 Å². The van der Waals surface area contributed by atoms with Crippen molar-refractivity contribution in [3.63, 3.8) is 0 Å². The van der Waals surface area contributed by atoms with Gasteiger partial charge in [0.25, 0.3) is 0 Å². The van der Waals surface area contributed by atoms with Gasteiger partial charge in [0.1, 0.15) is 24.0 Å². The number of halogens is 3. The number of imidazole rings is 1. The highest BCUT2D eigenvalue weighted by atomic mass is 79.9. The summed E-state index contributed by atoms with van der Waals surface area (Å²) in [5.74, 6) is -1.77. The zero-order chi connectivity index (χ0) is 27.4. The summed E-state index contributed by atoms with van der Waals surface area (Å²) in [7, 11) is -1.22. The first kappa shape index (κ1) is 27.7. The number of benzene rings is 1. The standard InChI is InChI=1S/C25H29BrF2N6O3Si/c1-15-11-30-21(32-15)12-31-25(35)33-16-9-18(27)23(19(28)10-16)37-20-5-6-29-24-22(20)17(26)13-34(24)14-36-7-8-38(2,3)4/h5-6,9-11,13H,7-8,12,14H2,1-4H3,(H,30,32)(H2,31,33,35). The van der Waals surface area contributed by atoms with Crippen LogP contribution < -0.4 is 15.4 Å². The van der Waals surface area contributed by atoms with E-state index in [1.165, 1.54) is 12.3 Å². The van der Waals surface area contributed by atoms with E-state index in [-0.39, 0.29) is 24.7 Å². The number of carbonyl (C=O) groups is 1. The molecule has 4 aromatic rings. The van der Waals surface area contributed by atoms with Gasteiger partial charge in [0.2, 0.25) is 0 Å². The van der Waals surface area contributed by atoms with Crippen LogP contribution in [0.2, 0.25) is 25.7 Å². The molecule has 13 heteroatoms. The second kappa shape index (κ2) is 11.6. The van der Waals surface area contributed by atoms with E-state index >= 15 is 0 Å². The van der Waals surface area contributed by atoms with E-state index < -0.39 is 31.5 Å². The molecule has 3 N–H and O–H groups in total. The van der Waals surface area contributed by atoms with Crippen LogP contribution in [-0.2, 0) is 18.0 Å². The minimum atomic E-state index is -1.22. The van der Waals surface area contributed by atoms with Gasteiger partial charge in [-0.05, 0) is 35.0 Å². The highest BCUT2D eigenvalue weighted by molar-refractivity contribution is 9.10. The van der Waals surface area contributed by atoms with Gasteiger partial charge in [-0.25, -0.2) is 23.5 Å². The van der Waals surface area contributed by atoms with E-state index in [0.717, 1.165) is 23.9 Å². The van der Waals surface area contributed by atoms with Gasteiger partial charge in [-0.2, -0.15) is 0 Å². The van der Waals surface area contributed by atoms with Crippen molar-refractivity contribution in [3.05, 3.63) is 64.4 Å². The minimum Gasteiger partial charge on any atom is -0.450 e. The molecule has 3 heterocycles. The van der Waals surface area contributed by atoms with Crippen molar-refractivity contribution in [2.75, 3.05) is 11.9 Å². The quantitative estimate of drug-likeness (QED) is 0.140. The van der Waals surface area contributed by atoms with Gasteiger partial charge in [0.15, 0.2) is 17.4 Å². The molecule has 0 bridgehead atoms. The first-order chi connectivity index (χ1) is 18.0. The van der Waals surface area contributed by atoms with Crippen molar-refractivity contribution in [1.82, 2.24) is 24.8 Å². The lowest BCUT2D eigenvalue weighted by Gasteiger charge is -2.15. The second-order valence-electron chi connectivity index (χ2n) is 9.99. The fourth-order valence-electron chi connectivity index (χ4n) is 3.60. The maximum absolute atomic E-state index is 14.9. The fraction of sp³-hybridized carbons (Fsp3) is 0.320. The Balaban J connectivity index is 1.46. The number of urea groups is 1. The normalized spacial score (nSPS) is 11.7. The van der Waals surface area contributed by atoms with E-state index in [9.17, 15) is 13.6 Å². The highest BCUT2D eigenvalue weighted by Crippen LogP contribution is 2.37. The van der Waals surface area contributed by atoms with Crippen molar-refractivity contribution in [2.24, 2.45) is 0 Å². The van der Waals surface area contributed by atoms with Gasteiger partial charge < -0.3 is 29.7 Å². The van der Waals surface area contributed by atoms with Crippen LogP contribution in [0.5, 0.6) is 11.5 Å². The Morgan fingerprint density at radius 1 is 1.21 bits per heavy atom. The Bertz CT molecular complexity index is 1430. The highest BCUT2D eigenvalue weighted by Gasteiger charge is 2.19. The van der Waals surface area contributed by atoms with Gasteiger partial charge in [0.05, 0.1) is 11.9 Å². The largest absolute Gasteiger partial charge is 0.450 e. The topological polar surface area (TPSA) is 106 Å². The number of H-pyrrole nitrogens is 1. The predicted octanol–water partition coefficient (Wildman–Crippen LogP) is 6.53. The molecule has 3 aromatic heterocycles. The Morgan fingerprint density at radius 2 is 1.95 bits per heavy atom. The lowest BCUT2D eigenvalue weighted by atomic mass is 10.2. The zero-order valence-corrected chi connectivity index (χ0v) is 24.1. The Labute approximate surface area is 228 Å². The third kappa shape index (κ3) is 6.97. The Kier molecular flexibility index (Phi) is 8.48. The SMILES string of the molecule is Cc1cnc(CNC(=O)Nc2cc(F)c(Oc3ccnc4c3c(Br)cn4COCC[Si](C)(C)C)c(F)c2)[nH]1. The average Bonchev–Trinajstić information content (AvgIpc) is 3.40. The molecule has 0 saturated heterocycles. The van der Waals surface area contributed by atoms with Crippen molar-refractivity contribution < 1.29 is 23.0 Å². The van der Waals surface area contributed by atoms with Gasteiger partial charge in [-0.3, -0.25) is 0 Å². The molecule has 0 aliphatic carbocycles. The first-order valence-electron chi connectivity index (χ1n) is 11.9. The Morgan fingerprint density at radius 3 is 2.61 bits per heavy atom. The summed E-state index contributed by atoms with van der Waals surface area (Å²) in [6.45, 7) is 9.73. The van der Waals surface area contributed by atoms with Crippen LogP contribution in [0.15, 0.2) is 41.3 Å². The number of anilines is 1.